The van der Waals surface area contributed by atoms with E-state index in [2.05, 4.69) is 27.0 Å². The molecule has 0 aromatic rings. The Balaban J connectivity index is 1.45. The van der Waals surface area contributed by atoms with Crippen LogP contribution in [-0.2, 0) is 4.74 Å². The van der Waals surface area contributed by atoms with Gasteiger partial charge in [-0.3, -0.25) is 9.89 Å². The standard InChI is InChI=1S/C18H34N4O/c1-15-4-3-5-16(12-15)13-20-18(19-2)22-7-6-17(14-22)21-8-10-23-11-9-21/h15-17H,3-14H2,1-2H3,(H,19,20). The molecule has 0 amide bonds. The average molecular weight is 322 g/mol. The maximum Gasteiger partial charge on any atom is 0.193 e. The molecule has 3 rings (SSSR count). The van der Waals surface area contributed by atoms with Crippen molar-refractivity contribution in [3.8, 4) is 0 Å². The SMILES string of the molecule is CN=C(NCC1CCCC(C)C1)N1CCC(N2CCOCC2)C1. The molecule has 5 heteroatoms. The minimum Gasteiger partial charge on any atom is -0.379 e. The highest BCUT2D eigenvalue weighted by molar-refractivity contribution is 5.80. The number of aliphatic imine (C=N–C) groups is 1. The van der Waals surface area contributed by atoms with Crippen LogP contribution in [-0.4, -0.2) is 74.8 Å². The third-order valence-corrected chi connectivity index (χ3v) is 5.83. The molecule has 3 aliphatic rings. The van der Waals surface area contributed by atoms with Crippen molar-refractivity contribution in [2.24, 2.45) is 16.8 Å². The fraction of sp³-hybridized carbons (Fsp3) is 0.944. The third kappa shape index (κ3) is 4.60. The minimum atomic E-state index is 0.673. The number of morpholine rings is 1. The van der Waals surface area contributed by atoms with Crippen molar-refractivity contribution >= 4 is 5.96 Å². The first-order valence-electron chi connectivity index (χ1n) is 9.53. The van der Waals surface area contributed by atoms with E-state index in [-0.39, 0.29) is 0 Å². The van der Waals surface area contributed by atoms with Gasteiger partial charge in [0.15, 0.2) is 5.96 Å². The summed E-state index contributed by atoms with van der Waals surface area (Å²) in [6, 6.07) is 0.673. The number of hydrogen-bond donors (Lipinski definition) is 1. The molecule has 2 aliphatic heterocycles. The second kappa shape index (κ2) is 8.34. The summed E-state index contributed by atoms with van der Waals surface area (Å²) < 4.78 is 5.48. The first kappa shape index (κ1) is 17.0. The van der Waals surface area contributed by atoms with E-state index in [9.17, 15) is 0 Å². The molecule has 132 valence electrons. The van der Waals surface area contributed by atoms with E-state index in [0.29, 0.717) is 6.04 Å². The van der Waals surface area contributed by atoms with Gasteiger partial charge in [-0.2, -0.15) is 0 Å². The van der Waals surface area contributed by atoms with E-state index in [4.69, 9.17) is 4.74 Å². The molecular weight excluding hydrogens is 288 g/mol. The van der Waals surface area contributed by atoms with Gasteiger partial charge in [-0.25, -0.2) is 0 Å². The van der Waals surface area contributed by atoms with Crippen LogP contribution < -0.4 is 5.32 Å². The fourth-order valence-electron chi connectivity index (χ4n) is 4.49. The van der Waals surface area contributed by atoms with Crippen molar-refractivity contribution in [1.29, 1.82) is 0 Å². The summed E-state index contributed by atoms with van der Waals surface area (Å²) in [6.07, 6.45) is 6.82. The van der Waals surface area contributed by atoms with Crippen LogP contribution in [0.1, 0.15) is 39.0 Å². The lowest BCUT2D eigenvalue weighted by Crippen LogP contribution is -2.47. The predicted molar refractivity (Wildman–Crippen MR) is 94.9 cm³/mol. The number of rotatable bonds is 3. The minimum absolute atomic E-state index is 0.673. The molecule has 3 fully saturated rings. The highest BCUT2D eigenvalue weighted by Gasteiger charge is 2.30. The van der Waals surface area contributed by atoms with Gasteiger partial charge in [0.25, 0.3) is 0 Å². The zero-order valence-electron chi connectivity index (χ0n) is 15.0. The molecule has 0 aromatic heterocycles. The van der Waals surface area contributed by atoms with Crippen LogP contribution in [0.4, 0.5) is 0 Å². The Kier molecular flexibility index (Phi) is 6.17. The number of ether oxygens (including phenoxy) is 1. The van der Waals surface area contributed by atoms with Gasteiger partial charge in [0.1, 0.15) is 0 Å². The zero-order valence-corrected chi connectivity index (χ0v) is 15.0. The van der Waals surface area contributed by atoms with Gasteiger partial charge in [0.05, 0.1) is 13.2 Å². The van der Waals surface area contributed by atoms with Gasteiger partial charge >= 0.3 is 0 Å². The number of nitrogens with zero attached hydrogens (tertiary/aromatic N) is 3. The Labute approximate surface area is 141 Å². The Bertz CT molecular complexity index is 394. The Morgan fingerprint density at radius 1 is 1.17 bits per heavy atom. The Morgan fingerprint density at radius 3 is 2.74 bits per heavy atom. The second-order valence-electron chi connectivity index (χ2n) is 7.60. The summed E-state index contributed by atoms with van der Waals surface area (Å²) in [5.41, 5.74) is 0. The summed E-state index contributed by atoms with van der Waals surface area (Å²) in [6.45, 7) is 9.69. The largest absolute Gasteiger partial charge is 0.379 e. The molecule has 1 aliphatic carbocycles. The van der Waals surface area contributed by atoms with Crippen LogP contribution in [0.25, 0.3) is 0 Å². The molecule has 5 nitrogen and oxygen atoms in total. The quantitative estimate of drug-likeness (QED) is 0.635. The van der Waals surface area contributed by atoms with E-state index in [0.717, 1.165) is 63.7 Å². The molecule has 2 saturated heterocycles. The van der Waals surface area contributed by atoms with Crippen LogP contribution in [0.5, 0.6) is 0 Å². The molecule has 1 N–H and O–H groups in total. The molecular formula is C18H34N4O. The number of nitrogens with one attached hydrogen (secondary N) is 1. The van der Waals surface area contributed by atoms with Gasteiger partial charge in [0.2, 0.25) is 0 Å². The van der Waals surface area contributed by atoms with Crippen molar-refractivity contribution in [3.05, 3.63) is 0 Å². The molecule has 3 atom stereocenters. The molecule has 3 unspecified atom stereocenters. The van der Waals surface area contributed by atoms with E-state index in [1.54, 1.807) is 0 Å². The first-order valence-corrected chi connectivity index (χ1v) is 9.53. The van der Waals surface area contributed by atoms with Crippen molar-refractivity contribution in [2.45, 2.75) is 45.1 Å². The molecule has 0 aromatic carbocycles. The first-order chi connectivity index (χ1) is 11.3. The van der Waals surface area contributed by atoms with E-state index in [1.165, 1.54) is 32.1 Å². The predicted octanol–water partition coefficient (Wildman–Crippen LogP) is 1.79. The van der Waals surface area contributed by atoms with Gasteiger partial charge in [-0.05, 0) is 31.1 Å². The number of hydrogen-bond acceptors (Lipinski definition) is 3. The maximum atomic E-state index is 5.48. The molecule has 0 radical (unpaired) electrons. The van der Waals surface area contributed by atoms with E-state index in [1.807, 2.05) is 7.05 Å². The molecule has 23 heavy (non-hydrogen) atoms. The van der Waals surface area contributed by atoms with Gasteiger partial charge in [0, 0.05) is 45.8 Å². The normalized spacial score (nSPS) is 33.9. The van der Waals surface area contributed by atoms with Crippen molar-refractivity contribution in [3.63, 3.8) is 0 Å². The zero-order chi connectivity index (χ0) is 16.1. The van der Waals surface area contributed by atoms with Crippen molar-refractivity contribution in [2.75, 3.05) is 53.0 Å². The summed E-state index contributed by atoms with van der Waals surface area (Å²) in [4.78, 5) is 9.59. The fourth-order valence-corrected chi connectivity index (χ4v) is 4.49. The summed E-state index contributed by atoms with van der Waals surface area (Å²) in [5, 5.41) is 3.66. The topological polar surface area (TPSA) is 40.1 Å². The molecule has 2 heterocycles. The Hall–Kier alpha value is -0.810. The summed E-state index contributed by atoms with van der Waals surface area (Å²) in [5.74, 6) is 2.84. The van der Waals surface area contributed by atoms with Crippen LogP contribution in [0.2, 0.25) is 0 Å². The van der Waals surface area contributed by atoms with Crippen LogP contribution in [0.3, 0.4) is 0 Å². The number of guanidine groups is 1. The molecule has 0 bridgehead atoms. The van der Waals surface area contributed by atoms with Crippen molar-refractivity contribution in [1.82, 2.24) is 15.1 Å². The maximum absolute atomic E-state index is 5.48. The highest BCUT2D eigenvalue weighted by Crippen LogP contribution is 2.28. The second-order valence-corrected chi connectivity index (χ2v) is 7.60. The molecule has 1 saturated carbocycles. The van der Waals surface area contributed by atoms with Gasteiger partial charge in [-0.15, -0.1) is 0 Å². The number of likely N-dealkylation sites (tertiary alicyclic amines) is 1. The van der Waals surface area contributed by atoms with Crippen LogP contribution >= 0.6 is 0 Å². The third-order valence-electron chi connectivity index (χ3n) is 5.83. The molecule has 0 spiro atoms. The van der Waals surface area contributed by atoms with Crippen molar-refractivity contribution < 1.29 is 4.74 Å². The highest BCUT2D eigenvalue weighted by atomic mass is 16.5. The lowest BCUT2D eigenvalue weighted by atomic mass is 9.82. The lowest BCUT2D eigenvalue weighted by molar-refractivity contribution is 0.0195. The van der Waals surface area contributed by atoms with Crippen LogP contribution in [0, 0.1) is 11.8 Å². The smallest absolute Gasteiger partial charge is 0.193 e. The van der Waals surface area contributed by atoms with Gasteiger partial charge < -0.3 is 15.0 Å². The summed E-state index contributed by atoms with van der Waals surface area (Å²) >= 11 is 0. The van der Waals surface area contributed by atoms with E-state index < -0.39 is 0 Å². The summed E-state index contributed by atoms with van der Waals surface area (Å²) in [7, 11) is 1.92. The monoisotopic (exact) mass is 322 g/mol. The van der Waals surface area contributed by atoms with Crippen LogP contribution in [0.15, 0.2) is 4.99 Å². The average Bonchev–Trinajstić information content (AvgIpc) is 3.06. The Morgan fingerprint density at radius 2 is 2.00 bits per heavy atom. The van der Waals surface area contributed by atoms with E-state index >= 15 is 0 Å². The van der Waals surface area contributed by atoms with Gasteiger partial charge in [-0.1, -0.05) is 19.8 Å². The lowest BCUT2D eigenvalue weighted by Gasteiger charge is -2.32.